The van der Waals surface area contributed by atoms with Crippen LogP contribution < -0.4 is 14.2 Å². The van der Waals surface area contributed by atoms with Crippen LogP contribution in [-0.2, 0) is 6.61 Å². The molecular weight excluding hydrogens is 456 g/mol. The normalized spacial score (nSPS) is 18.3. The summed E-state index contributed by atoms with van der Waals surface area (Å²) in [5.41, 5.74) is 4.37. The molecule has 2 aliphatic heterocycles. The molecule has 0 bridgehead atoms. The zero-order valence-electron chi connectivity index (χ0n) is 19.5. The van der Waals surface area contributed by atoms with E-state index < -0.39 is 0 Å². The second-order valence-electron chi connectivity index (χ2n) is 8.55. The van der Waals surface area contributed by atoms with E-state index in [1.807, 2.05) is 49.4 Å². The molecule has 176 valence electrons. The van der Waals surface area contributed by atoms with Crippen LogP contribution in [0.15, 0.2) is 95.4 Å². The first-order chi connectivity index (χ1) is 17.3. The summed E-state index contributed by atoms with van der Waals surface area (Å²) in [4.78, 5) is 1.20. The monoisotopic (exact) mass is 482 g/mol. The minimum atomic E-state index is -0.352. The molecule has 3 heterocycles. The van der Waals surface area contributed by atoms with E-state index in [2.05, 4.69) is 52.9 Å². The third-order valence-electron chi connectivity index (χ3n) is 6.29. The SMILES string of the molecule is CCOc1cc([C@H]2Oc3ccccc3[C@@H]3CC(c4cccs4)=NN23)ccc1OCc1ccccc1. The first-order valence-corrected chi connectivity index (χ1v) is 12.8. The molecule has 0 aliphatic carbocycles. The predicted octanol–water partition coefficient (Wildman–Crippen LogP) is 6.97. The number of para-hydroxylation sites is 1. The lowest BCUT2D eigenvalue weighted by atomic mass is 9.97. The van der Waals surface area contributed by atoms with Gasteiger partial charge in [-0.15, -0.1) is 11.3 Å². The molecule has 0 fully saturated rings. The molecule has 5 nitrogen and oxygen atoms in total. The number of ether oxygens (including phenoxy) is 3. The molecule has 4 aromatic rings. The highest BCUT2D eigenvalue weighted by Crippen LogP contribution is 2.48. The molecule has 1 aromatic heterocycles. The third kappa shape index (κ3) is 4.26. The van der Waals surface area contributed by atoms with Crippen molar-refractivity contribution in [3.8, 4) is 17.2 Å². The lowest BCUT2D eigenvalue weighted by Gasteiger charge is -2.38. The predicted molar refractivity (Wildman–Crippen MR) is 138 cm³/mol. The van der Waals surface area contributed by atoms with Gasteiger partial charge < -0.3 is 14.2 Å². The van der Waals surface area contributed by atoms with E-state index >= 15 is 0 Å². The first-order valence-electron chi connectivity index (χ1n) is 11.9. The van der Waals surface area contributed by atoms with Crippen LogP contribution in [0.4, 0.5) is 0 Å². The quantitative estimate of drug-likeness (QED) is 0.285. The van der Waals surface area contributed by atoms with Crippen LogP contribution in [0.3, 0.4) is 0 Å². The van der Waals surface area contributed by atoms with Crippen molar-refractivity contribution in [1.29, 1.82) is 0 Å². The van der Waals surface area contributed by atoms with Crippen molar-refractivity contribution < 1.29 is 14.2 Å². The molecule has 2 aliphatic rings. The van der Waals surface area contributed by atoms with E-state index in [0.29, 0.717) is 19.0 Å². The fourth-order valence-corrected chi connectivity index (χ4v) is 5.37. The van der Waals surface area contributed by atoms with Crippen LogP contribution in [-0.4, -0.2) is 17.3 Å². The van der Waals surface area contributed by atoms with Gasteiger partial charge >= 0.3 is 0 Å². The van der Waals surface area contributed by atoms with Gasteiger partial charge in [0.25, 0.3) is 0 Å². The van der Waals surface area contributed by atoms with Gasteiger partial charge in [0.15, 0.2) is 11.5 Å². The van der Waals surface area contributed by atoms with E-state index in [-0.39, 0.29) is 12.3 Å². The van der Waals surface area contributed by atoms with Gasteiger partial charge in [0.2, 0.25) is 6.23 Å². The van der Waals surface area contributed by atoms with Crippen LogP contribution in [0.25, 0.3) is 0 Å². The van der Waals surface area contributed by atoms with Crippen molar-refractivity contribution in [2.45, 2.75) is 32.2 Å². The highest BCUT2D eigenvalue weighted by molar-refractivity contribution is 7.12. The maximum atomic E-state index is 6.53. The van der Waals surface area contributed by atoms with Crippen LogP contribution in [0, 0.1) is 0 Å². The van der Waals surface area contributed by atoms with Gasteiger partial charge in [0.1, 0.15) is 12.4 Å². The Balaban J connectivity index is 1.33. The Morgan fingerprint density at radius 2 is 1.80 bits per heavy atom. The topological polar surface area (TPSA) is 43.3 Å². The van der Waals surface area contributed by atoms with Gasteiger partial charge in [-0.1, -0.05) is 54.6 Å². The molecule has 0 amide bonds. The Bertz CT molecular complexity index is 1340. The molecule has 0 N–H and O–H groups in total. The lowest BCUT2D eigenvalue weighted by molar-refractivity contribution is -0.0192. The number of hydrogen-bond donors (Lipinski definition) is 0. The van der Waals surface area contributed by atoms with Crippen molar-refractivity contribution in [2.24, 2.45) is 5.10 Å². The standard InChI is InChI=1S/C29H26N2O3S/c1-2-32-27-17-21(14-15-26(27)33-19-20-9-4-3-5-10-20)29-31-24(22-11-6-7-12-25(22)34-29)18-23(30-31)28-13-8-16-35-28/h3-17,24,29H,2,18-19H2,1H3/t24-,29+/m0/s1. The highest BCUT2D eigenvalue weighted by Gasteiger charge is 2.41. The molecular formula is C29H26N2O3S. The molecule has 0 radical (unpaired) electrons. The molecule has 6 heteroatoms. The highest BCUT2D eigenvalue weighted by atomic mass is 32.1. The van der Waals surface area contributed by atoms with Gasteiger partial charge in [0, 0.05) is 17.5 Å². The van der Waals surface area contributed by atoms with Crippen LogP contribution >= 0.6 is 11.3 Å². The van der Waals surface area contributed by atoms with Crippen molar-refractivity contribution in [3.05, 3.63) is 112 Å². The fourth-order valence-electron chi connectivity index (χ4n) is 4.65. The van der Waals surface area contributed by atoms with E-state index in [4.69, 9.17) is 19.3 Å². The van der Waals surface area contributed by atoms with Gasteiger partial charge in [-0.2, -0.15) is 5.10 Å². The number of nitrogens with zero attached hydrogens (tertiary/aromatic N) is 2. The molecule has 0 saturated carbocycles. The van der Waals surface area contributed by atoms with Crippen molar-refractivity contribution >= 4 is 17.0 Å². The van der Waals surface area contributed by atoms with Gasteiger partial charge in [-0.3, -0.25) is 0 Å². The number of hydrazone groups is 1. The lowest BCUT2D eigenvalue weighted by Crippen LogP contribution is -2.33. The fraction of sp³-hybridized carbons (Fsp3) is 0.207. The molecule has 0 saturated heterocycles. The van der Waals surface area contributed by atoms with E-state index in [1.165, 1.54) is 10.4 Å². The third-order valence-corrected chi connectivity index (χ3v) is 7.21. The molecule has 3 aromatic carbocycles. The molecule has 2 atom stereocenters. The zero-order valence-corrected chi connectivity index (χ0v) is 20.3. The van der Waals surface area contributed by atoms with E-state index in [9.17, 15) is 0 Å². The van der Waals surface area contributed by atoms with Gasteiger partial charge in [-0.05, 0) is 48.2 Å². The van der Waals surface area contributed by atoms with Crippen LogP contribution in [0.2, 0.25) is 0 Å². The molecule has 35 heavy (non-hydrogen) atoms. The maximum absolute atomic E-state index is 6.53. The Morgan fingerprint density at radius 1 is 0.943 bits per heavy atom. The first kappa shape index (κ1) is 21.7. The summed E-state index contributed by atoms with van der Waals surface area (Å²) >= 11 is 1.72. The van der Waals surface area contributed by atoms with Crippen molar-refractivity contribution in [2.75, 3.05) is 6.61 Å². The summed E-state index contributed by atoms with van der Waals surface area (Å²) in [6.07, 6.45) is 0.503. The average Bonchev–Trinajstić information content (AvgIpc) is 3.59. The number of thiophene rings is 1. The van der Waals surface area contributed by atoms with Crippen molar-refractivity contribution in [1.82, 2.24) is 5.01 Å². The molecule has 0 unspecified atom stereocenters. The van der Waals surface area contributed by atoms with Crippen molar-refractivity contribution in [3.63, 3.8) is 0 Å². The molecule has 6 rings (SSSR count). The Kier molecular flexibility index (Phi) is 5.88. The second kappa shape index (κ2) is 9.47. The van der Waals surface area contributed by atoms with Gasteiger partial charge in [-0.25, -0.2) is 5.01 Å². The maximum Gasteiger partial charge on any atom is 0.214 e. The summed E-state index contributed by atoms with van der Waals surface area (Å²) in [5, 5.41) is 9.25. The van der Waals surface area contributed by atoms with E-state index in [1.54, 1.807) is 11.3 Å². The second-order valence-corrected chi connectivity index (χ2v) is 9.49. The number of fused-ring (bicyclic) bond motifs is 3. The minimum Gasteiger partial charge on any atom is -0.490 e. The smallest absolute Gasteiger partial charge is 0.214 e. The summed E-state index contributed by atoms with van der Waals surface area (Å²) in [6.45, 7) is 3.01. The molecule has 0 spiro atoms. The summed E-state index contributed by atoms with van der Waals surface area (Å²) < 4.78 is 18.6. The van der Waals surface area contributed by atoms with E-state index in [0.717, 1.165) is 34.8 Å². The number of rotatable bonds is 7. The van der Waals surface area contributed by atoms with Crippen LogP contribution in [0.1, 0.15) is 47.2 Å². The Labute approximate surface area is 209 Å². The summed E-state index contributed by atoms with van der Waals surface area (Å²) in [7, 11) is 0. The minimum absolute atomic E-state index is 0.131. The van der Waals surface area contributed by atoms with Crippen LogP contribution in [0.5, 0.6) is 17.2 Å². The number of hydrogen-bond acceptors (Lipinski definition) is 6. The average molecular weight is 483 g/mol. The summed E-state index contributed by atoms with van der Waals surface area (Å²) in [6, 6.07) is 28.8. The number of benzene rings is 3. The Morgan fingerprint density at radius 3 is 2.63 bits per heavy atom. The van der Waals surface area contributed by atoms with Gasteiger partial charge in [0.05, 0.1) is 23.2 Å². The Hall–Kier alpha value is -3.77. The zero-order chi connectivity index (χ0) is 23.6. The largest absolute Gasteiger partial charge is 0.490 e. The summed E-state index contributed by atoms with van der Waals surface area (Å²) in [5.74, 6) is 2.33.